The first-order chi connectivity index (χ1) is 10.1. The van der Waals surface area contributed by atoms with Gasteiger partial charge < -0.3 is 11.1 Å². The maximum Gasteiger partial charge on any atom is 0.253 e. The van der Waals surface area contributed by atoms with Crippen LogP contribution in [0.1, 0.15) is 42.5 Å². The van der Waals surface area contributed by atoms with Crippen molar-refractivity contribution in [3.8, 4) is 0 Å². The van der Waals surface area contributed by atoms with Crippen LogP contribution in [0.4, 0.5) is 4.39 Å². The SMILES string of the molecule is Cl.NC1CC2CCCC(C1)C2NC(=O)c1cccc(F)c1Cl. The monoisotopic (exact) mass is 346 g/mol. The van der Waals surface area contributed by atoms with Gasteiger partial charge in [0, 0.05) is 12.1 Å². The average Bonchev–Trinajstić information content (AvgIpc) is 2.42. The van der Waals surface area contributed by atoms with E-state index in [0.29, 0.717) is 11.8 Å². The van der Waals surface area contributed by atoms with Gasteiger partial charge in [0.2, 0.25) is 0 Å². The molecule has 2 fully saturated rings. The van der Waals surface area contributed by atoms with Crippen LogP contribution in [0.15, 0.2) is 18.2 Å². The molecule has 0 spiro atoms. The van der Waals surface area contributed by atoms with E-state index in [4.69, 9.17) is 17.3 Å². The van der Waals surface area contributed by atoms with Crippen molar-refractivity contribution >= 4 is 29.9 Å². The van der Waals surface area contributed by atoms with Crippen molar-refractivity contribution in [2.75, 3.05) is 0 Å². The Morgan fingerprint density at radius 2 is 1.91 bits per heavy atom. The van der Waals surface area contributed by atoms with Gasteiger partial charge in [-0.15, -0.1) is 12.4 Å². The fourth-order valence-electron chi connectivity index (χ4n) is 3.93. The number of amides is 1. The first kappa shape index (κ1) is 17.5. The first-order valence-corrected chi connectivity index (χ1v) is 7.94. The molecule has 0 aliphatic heterocycles. The van der Waals surface area contributed by atoms with E-state index in [1.54, 1.807) is 6.07 Å². The maximum absolute atomic E-state index is 13.5. The molecular formula is C16H21Cl2FN2O. The lowest BCUT2D eigenvalue weighted by molar-refractivity contribution is 0.0756. The summed E-state index contributed by atoms with van der Waals surface area (Å²) >= 11 is 5.89. The van der Waals surface area contributed by atoms with E-state index < -0.39 is 5.82 Å². The summed E-state index contributed by atoms with van der Waals surface area (Å²) in [5, 5.41) is 2.98. The lowest BCUT2D eigenvalue weighted by atomic mass is 9.67. The van der Waals surface area contributed by atoms with Crippen molar-refractivity contribution in [3.63, 3.8) is 0 Å². The Hall–Kier alpha value is -0.840. The molecule has 3 rings (SSSR count). The molecule has 3 nitrogen and oxygen atoms in total. The van der Waals surface area contributed by atoms with Gasteiger partial charge in [0.05, 0.1) is 10.6 Å². The van der Waals surface area contributed by atoms with Crippen molar-refractivity contribution < 1.29 is 9.18 Å². The summed E-state index contributed by atoms with van der Waals surface area (Å²) in [6.07, 6.45) is 5.32. The fourth-order valence-corrected chi connectivity index (χ4v) is 4.14. The molecule has 2 aliphatic carbocycles. The van der Waals surface area contributed by atoms with Crippen LogP contribution >= 0.6 is 24.0 Å². The van der Waals surface area contributed by atoms with Crippen molar-refractivity contribution in [2.24, 2.45) is 17.6 Å². The number of benzene rings is 1. The molecule has 2 saturated carbocycles. The quantitative estimate of drug-likeness (QED) is 0.860. The van der Waals surface area contributed by atoms with Crippen molar-refractivity contribution in [1.82, 2.24) is 5.32 Å². The molecule has 1 aromatic rings. The van der Waals surface area contributed by atoms with E-state index in [0.717, 1.165) is 25.7 Å². The summed E-state index contributed by atoms with van der Waals surface area (Å²) in [7, 11) is 0. The van der Waals surface area contributed by atoms with Gasteiger partial charge in [-0.05, 0) is 49.7 Å². The van der Waals surface area contributed by atoms with Gasteiger partial charge in [0.25, 0.3) is 5.91 Å². The summed E-state index contributed by atoms with van der Waals surface area (Å²) in [4.78, 5) is 12.4. The Kier molecular flexibility index (Phi) is 5.70. The standard InChI is InChI=1S/C16H20ClFN2O.ClH/c17-14-12(5-2-6-13(14)18)16(21)20-15-9-3-1-4-10(15)8-11(19)7-9;/h2,5-6,9-11,15H,1,3-4,7-8,19H2,(H,20,21);1H. The number of rotatable bonds is 2. The van der Waals surface area contributed by atoms with Crippen LogP contribution in [0, 0.1) is 17.7 Å². The summed E-state index contributed by atoms with van der Waals surface area (Å²) in [5.74, 6) is 0.0274. The van der Waals surface area contributed by atoms with Gasteiger partial charge in [-0.25, -0.2) is 4.39 Å². The number of carbonyl (C=O) groups is 1. The second-order valence-electron chi connectivity index (χ2n) is 6.28. The van der Waals surface area contributed by atoms with Gasteiger partial charge in [-0.3, -0.25) is 4.79 Å². The lowest BCUT2D eigenvalue weighted by Crippen LogP contribution is -2.53. The smallest absolute Gasteiger partial charge is 0.253 e. The lowest BCUT2D eigenvalue weighted by Gasteiger charge is -2.45. The van der Waals surface area contributed by atoms with Crippen LogP contribution in [-0.2, 0) is 0 Å². The zero-order chi connectivity index (χ0) is 15.0. The van der Waals surface area contributed by atoms with E-state index in [2.05, 4.69) is 5.32 Å². The summed E-state index contributed by atoms with van der Waals surface area (Å²) in [6.45, 7) is 0. The number of halogens is 3. The number of nitrogens with one attached hydrogen (secondary N) is 1. The van der Waals surface area contributed by atoms with Crippen LogP contribution < -0.4 is 11.1 Å². The zero-order valence-corrected chi connectivity index (χ0v) is 13.8. The van der Waals surface area contributed by atoms with Crippen molar-refractivity contribution in [1.29, 1.82) is 0 Å². The Labute approximate surface area is 141 Å². The van der Waals surface area contributed by atoms with Crippen molar-refractivity contribution in [2.45, 2.75) is 44.2 Å². The molecule has 1 amide bonds. The minimum atomic E-state index is -0.560. The molecule has 3 N–H and O–H groups in total. The number of carbonyl (C=O) groups excluding carboxylic acids is 1. The predicted molar refractivity (Wildman–Crippen MR) is 88.0 cm³/mol. The highest BCUT2D eigenvalue weighted by Gasteiger charge is 2.40. The molecule has 2 atom stereocenters. The largest absolute Gasteiger partial charge is 0.349 e. The molecular weight excluding hydrogens is 326 g/mol. The van der Waals surface area contributed by atoms with Gasteiger partial charge in [-0.2, -0.15) is 0 Å². The highest BCUT2D eigenvalue weighted by Crippen LogP contribution is 2.39. The molecule has 0 saturated heterocycles. The fraction of sp³-hybridized carbons (Fsp3) is 0.562. The molecule has 0 radical (unpaired) electrons. The third-order valence-electron chi connectivity index (χ3n) is 4.87. The molecule has 1 aromatic carbocycles. The normalized spacial score (nSPS) is 30.3. The summed E-state index contributed by atoms with van der Waals surface area (Å²) in [5.41, 5.74) is 6.30. The second kappa shape index (κ2) is 7.16. The average molecular weight is 347 g/mol. The van der Waals surface area contributed by atoms with E-state index in [9.17, 15) is 9.18 Å². The van der Waals surface area contributed by atoms with Crippen LogP contribution in [0.5, 0.6) is 0 Å². The second-order valence-corrected chi connectivity index (χ2v) is 6.66. The van der Waals surface area contributed by atoms with Crippen molar-refractivity contribution in [3.05, 3.63) is 34.6 Å². The van der Waals surface area contributed by atoms with E-state index in [1.807, 2.05) is 0 Å². The minimum absolute atomic E-state index is 0. The van der Waals surface area contributed by atoms with Crippen LogP contribution in [0.3, 0.4) is 0 Å². The Morgan fingerprint density at radius 3 is 2.55 bits per heavy atom. The third kappa shape index (κ3) is 3.39. The molecule has 2 aliphatic rings. The number of nitrogens with two attached hydrogens (primary N) is 1. The third-order valence-corrected chi connectivity index (χ3v) is 5.25. The minimum Gasteiger partial charge on any atom is -0.349 e. The molecule has 6 heteroatoms. The molecule has 22 heavy (non-hydrogen) atoms. The number of hydrogen-bond donors (Lipinski definition) is 2. The van der Waals surface area contributed by atoms with Crippen LogP contribution in [0.2, 0.25) is 5.02 Å². The Morgan fingerprint density at radius 1 is 1.27 bits per heavy atom. The van der Waals surface area contributed by atoms with E-state index >= 15 is 0 Å². The van der Waals surface area contributed by atoms with E-state index in [1.165, 1.54) is 18.6 Å². The Bertz CT molecular complexity index is 541. The highest BCUT2D eigenvalue weighted by atomic mass is 35.5. The highest BCUT2D eigenvalue weighted by molar-refractivity contribution is 6.34. The molecule has 2 bridgehead atoms. The predicted octanol–water partition coefficient (Wildman–Crippen LogP) is 3.54. The maximum atomic E-state index is 13.5. The van der Waals surface area contributed by atoms with Gasteiger partial charge in [0.15, 0.2) is 0 Å². The summed E-state index contributed by atoms with van der Waals surface area (Å²) in [6, 6.07) is 4.71. The van der Waals surface area contributed by atoms with Crippen LogP contribution in [0.25, 0.3) is 0 Å². The topological polar surface area (TPSA) is 55.1 Å². The van der Waals surface area contributed by atoms with Crippen LogP contribution in [-0.4, -0.2) is 18.0 Å². The molecule has 2 unspecified atom stereocenters. The first-order valence-electron chi connectivity index (χ1n) is 7.56. The molecule has 0 aromatic heterocycles. The molecule has 122 valence electrons. The van der Waals surface area contributed by atoms with Gasteiger partial charge in [0.1, 0.15) is 5.82 Å². The zero-order valence-electron chi connectivity index (χ0n) is 12.2. The number of fused-ring (bicyclic) bond motifs is 2. The Balaban J connectivity index is 0.00000176. The van der Waals surface area contributed by atoms with Gasteiger partial charge >= 0.3 is 0 Å². The van der Waals surface area contributed by atoms with E-state index in [-0.39, 0.29) is 41.0 Å². The summed E-state index contributed by atoms with van der Waals surface area (Å²) < 4.78 is 13.5. The van der Waals surface area contributed by atoms with Gasteiger partial charge in [-0.1, -0.05) is 24.1 Å². The number of hydrogen-bond acceptors (Lipinski definition) is 2. The molecule has 0 heterocycles.